The molecule has 1 aromatic carbocycles. The Morgan fingerprint density at radius 1 is 1.33 bits per heavy atom. The largest absolute Gasteiger partial charge is 0.341 e. The molecule has 0 bridgehead atoms. The molecule has 1 aromatic rings. The molecule has 2 N–H and O–H groups in total. The van der Waals surface area contributed by atoms with Crippen LogP contribution in [0.1, 0.15) is 30.9 Å². The molecule has 1 atom stereocenters. The molecule has 0 aromatic heterocycles. The highest BCUT2D eigenvalue weighted by Crippen LogP contribution is 2.11. The van der Waals surface area contributed by atoms with E-state index in [1.54, 1.807) is 4.90 Å². The predicted molar refractivity (Wildman–Crippen MR) is 75.1 cm³/mol. The van der Waals surface area contributed by atoms with E-state index >= 15 is 0 Å². The van der Waals surface area contributed by atoms with E-state index in [2.05, 4.69) is 38.1 Å². The van der Waals surface area contributed by atoms with Gasteiger partial charge < -0.3 is 10.6 Å². The van der Waals surface area contributed by atoms with Crippen LogP contribution in [0, 0.1) is 12.8 Å². The summed E-state index contributed by atoms with van der Waals surface area (Å²) in [5, 5.41) is 0. The number of amides is 1. The van der Waals surface area contributed by atoms with E-state index in [1.165, 1.54) is 5.56 Å². The lowest BCUT2D eigenvalue weighted by Gasteiger charge is -2.20. The van der Waals surface area contributed by atoms with Crippen molar-refractivity contribution in [2.24, 2.45) is 11.7 Å². The van der Waals surface area contributed by atoms with Crippen molar-refractivity contribution in [1.82, 2.24) is 4.90 Å². The summed E-state index contributed by atoms with van der Waals surface area (Å²) in [4.78, 5) is 13.8. The van der Waals surface area contributed by atoms with Crippen molar-refractivity contribution in [2.45, 2.75) is 33.2 Å². The quantitative estimate of drug-likeness (QED) is 0.840. The molecular weight excluding hydrogens is 224 g/mol. The first kappa shape index (κ1) is 14.7. The summed E-state index contributed by atoms with van der Waals surface area (Å²) in [5.41, 5.74) is 8.03. The normalized spacial score (nSPS) is 12.2. The van der Waals surface area contributed by atoms with Crippen LogP contribution in [0.2, 0.25) is 0 Å². The van der Waals surface area contributed by atoms with E-state index in [0.717, 1.165) is 12.0 Å². The lowest BCUT2D eigenvalue weighted by molar-refractivity contribution is -0.131. The van der Waals surface area contributed by atoms with Crippen LogP contribution in [0.3, 0.4) is 0 Å². The van der Waals surface area contributed by atoms with Crippen molar-refractivity contribution in [2.75, 3.05) is 13.6 Å². The summed E-state index contributed by atoms with van der Waals surface area (Å²) in [5.74, 6) is 0.478. The third-order valence-electron chi connectivity index (χ3n) is 3.34. The second-order valence-electron chi connectivity index (χ2n) is 4.95. The molecule has 3 heteroatoms. The highest BCUT2D eigenvalue weighted by molar-refractivity contribution is 5.76. The summed E-state index contributed by atoms with van der Waals surface area (Å²) in [6.07, 6.45) is 1.51. The van der Waals surface area contributed by atoms with Crippen molar-refractivity contribution in [3.05, 3.63) is 35.4 Å². The first-order valence-corrected chi connectivity index (χ1v) is 6.56. The Balaban J connectivity index is 2.51. The van der Waals surface area contributed by atoms with E-state index in [9.17, 15) is 4.79 Å². The molecular formula is C15H24N2O. The van der Waals surface area contributed by atoms with Gasteiger partial charge in [-0.05, 0) is 24.9 Å². The highest BCUT2D eigenvalue weighted by atomic mass is 16.2. The van der Waals surface area contributed by atoms with Crippen LogP contribution in [-0.4, -0.2) is 24.4 Å². The molecule has 0 fully saturated rings. The minimum Gasteiger partial charge on any atom is -0.341 e. The number of nitrogens with two attached hydrogens (primary N) is 1. The molecule has 0 spiro atoms. The Labute approximate surface area is 110 Å². The van der Waals surface area contributed by atoms with Gasteiger partial charge in [0.2, 0.25) is 5.91 Å². The van der Waals surface area contributed by atoms with Crippen molar-refractivity contribution in [3.63, 3.8) is 0 Å². The SMILES string of the molecule is CCC(CN)CC(=O)N(C)Cc1ccc(C)cc1. The molecule has 1 amide bonds. The van der Waals surface area contributed by atoms with E-state index < -0.39 is 0 Å². The maximum Gasteiger partial charge on any atom is 0.222 e. The second kappa shape index (κ2) is 7.17. The molecule has 0 aliphatic carbocycles. The van der Waals surface area contributed by atoms with Gasteiger partial charge in [-0.15, -0.1) is 0 Å². The lowest BCUT2D eigenvalue weighted by Crippen LogP contribution is -2.29. The number of carbonyl (C=O) groups excluding carboxylic acids is 1. The molecule has 1 unspecified atom stereocenters. The van der Waals surface area contributed by atoms with Gasteiger partial charge in [-0.2, -0.15) is 0 Å². The highest BCUT2D eigenvalue weighted by Gasteiger charge is 2.14. The Hall–Kier alpha value is -1.35. The van der Waals surface area contributed by atoms with Crippen LogP contribution in [-0.2, 0) is 11.3 Å². The monoisotopic (exact) mass is 248 g/mol. The van der Waals surface area contributed by atoms with Crippen molar-refractivity contribution < 1.29 is 4.79 Å². The first-order valence-electron chi connectivity index (χ1n) is 6.56. The number of benzene rings is 1. The van der Waals surface area contributed by atoms with Crippen LogP contribution in [0.5, 0.6) is 0 Å². The van der Waals surface area contributed by atoms with Crippen LogP contribution >= 0.6 is 0 Å². The third kappa shape index (κ3) is 4.49. The first-order chi connectivity index (χ1) is 8.56. The number of nitrogens with zero attached hydrogens (tertiary/aromatic N) is 1. The van der Waals surface area contributed by atoms with E-state index in [0.29, 0.717) is 25.4 Å². The molecule has 0 aliphatic rings. The topological polar surface area (TPSA) is 46.3 Å². The minimum atomic E-state index is 0.174. The fourth-order valence-corrected chi connectivity index (χ4v) is 1.85. The Bertz CT molecular complexity index is 369. The number of aryl methyl sites for hydroxylation is 1. The van der Waals surface area contributed by atoms with Gasteiger partial charge in [0.25, 0.3) is 0 Å². The van der Waals surface area contributed by atoms with E-state index in [-0.39, 0.29) is 5.91 Å². The van der Waals surface area contributed by atoms with Crippen LogP contribution < -0.4 is 5.73 Å². The Morgan fingerprint density at radius 2 is 1.94 bits per heavy atom. The molecule has 3 nitrogen and oxygen atoms in total. The van der Waals surface area contributed by atoms with Crippen LogP contribution in [0.4, 0.5) is 0 Å². The average molecular weight is 248 g/mol. The van der Waals surface area contributed by atoms with Gasteiger partial charge >= 0.3 is 0 Å². The zero-order valence-corrected chi connectivity index (χ0v) is 11.6. The maximum atomic E-state index is 12.0. The van der Waals surface area contributed by atoms with Gasteiger partial charge in [0, 0.05) is 20.0 Å². The van der Waals surface area contributed by atoms with Crippen LogP contribution in [0.15, 0.2) is 24.3 Å². The molecule has 0 saturated carbocycles. The van der Waals surface area contributed by atoms with Crippen molar-refractivity contribution in [1.29, 1.82) is 0 Å². The minimum absolute atomic E-state index is 0.174. The molecule has 0 saturated heterocycles. The van der Waals surface area contributed by atoms with Gasteiger partial charge in [-0.25, -0.2) is 0 Å². The fraction of sp³-hybridized carbons (Fsp3) is 0.533. The van der Waals surface area contributed by atoms with E-state index in [4.69, 9.17) is 5.73 Å². The zero-order valence-electron chi connectivity index (χ0n) is 11.6. The molecule has 18 heavy (non-hydrogen) atoms. The predicted octanol–water partition coefficient (Wildman–Crippen LogP) is 2.33. The standard InChI is InChI=1S/C15H24N2O/c1-4-13(10-16)9-15(18)17(3)11-14-7-5-12(2)6-8-14/h5-8,13H,4,9-11,16H2,1-3H3. The molecule has 100 valence electrons. The number of hydrogen-bond donors (Lipinski definition) is 1. The maximum absolute atomic E-state index is 12.0. The molecule has 0 aliphatic heterocycles. The Morgan fingerprint density at radius 3 is 2.44 bits per heavy atom. The van der Waals surface area contributed by atoms with Crippen LogP contribution in [0.25, 0.3) is 0 Å². The zero-order chi connectivity index (χ0) is 13.5. The summed E-state index contributed by atoms with van der Waals surface area (Å²) in [6.45, 7) is 5.39. The summed E-state index contributed by atoms with van der Waals surface area (Å²) >= 11 is 0. The molecule has 1 rings (SSSR count). The third-order valence-corrected chi connectivity index (χ3v) is 3.34. The average Bonchev–Trinajstić information content (AvgIpc) is 2.38. The fourth-order valence-electron chi connectivity index (χ4n) is 1.85. The Kier molecular flexibility index (Phi) is 5.86. The lowest BCUT2D eigenvalue weighted by atomic mass is 10.0. The molecule has 0 radical (unpaired) electrons. The van der Waals surface area contributed by atoms with Gasteiger partial charge in [-0.1, -0.05) is 43.2 Å². The van der Waals surface area contributed by atoms with E-state index in [1.807, 2.05) is 7.05 Å². The summed E-state index contributed by atoms with van der Waals surface area (Å²) in [6, 6.07) is 8.28. The summed E-state index contributed by atoms with van der Waals surface area (Å²) < 4.78 is 0. The van der Waals surface area contributed by atoms with Crippen molar-refractivity contribution in [3.8, 4) is 0 Å². The smallest absolute Gasteiger partial charge is 0.222 e. The number of rotatable bonds is 6. The van der Waals surface area contributed by atoms with Gasteiger partial charge in [0.1, 0.15) is 0 Å². The summed E-state index contributed by atoms with van der Waals surface area (Å²) in [7, 11) is 1.85. The van der Waals surface area contributed by atoms with Gasteiger partial charge in [-0.3, -0.25) is 4.79 Å². The number of hydrogen-bond acceptors (Lipinski definition) is 2. The molecule has 0 heterocycles. The second-order valence-corrected chi connectivity index (χ2v) is 4.95. The number of carbonyl (C=O) groups is 1. The van der Waals surface area contributed by atoms with Gasteiger partial charge in [0.05, 0.1) is 0 Å². The van der Waals surface area contributed by atoms with Crippen molar-refractivity contribution >= 4 is 5.91 Å². The van der Waals surface area contributed by atoms with Gasteiger partial charge in [0.15, 0.2) is 0 Å².